The molecule has 0 radical (unpaired) electrons. The largest absolute Gasteiger partial charge is 0.330 e. The fourth-order valence-corrected chi connectivity index (χ4v) is 1.15. The van der Waals surface area contributed by atoms with Crippen molar-refractivity contribution in [2.75, 3.05) is 6.54 Å². The molecule has 0 aromatic carbocycles. The van der Waals surface area contributed by atoms with Gasteiger partial charge in [0.05, 0.1) is 0 Å². The van der Waals surface area contributed by atoms with Crippen molar-refractivity contribution in [3.63, 3.8) is 0 Å². The molecule has 0 spiro atoms. The van der Waals surface area contributed by atoms with Crippen LogP contribution < -0.4 is 5.73 Å². The number of carbonyl (C=O) groups is 1. The molecule has 78 valence electrons. The summed E-state index contributed by atoms with van der Waals surface area (Å²) in [5, 5.41) is 0. The van der Waals surface area contributed by atoms with Crippen molar-refractivity contribution in [2.45, 2.75) is 25.7 Å². The molecule has 0 saturated heterocycles. The number of ketones is 1. The fraction of sp³-hybridized carbons (Fsp3) is 0.417. The van der Waals surface area contributed by atoms with E-state index in [0.29, 0.717) is 13.0 Å². The van der Waals surface area contributed by atoms with Crippen LogP contribution in [-0.2, 0) is 4.79 Å². The van der Waals surface area contributed by atoms with Crippen LogP contribution in [0.2, 0.25) is 0 Å². The molecule has 2 heteroatoms. The zero-order chi connectivity index (χ0) is 10.8. The predicted octanol–water partition coefficient (Wildman–Crippen LogP) is 2.37. The average molecular weight is 193 g/mol. The van der Waals surface area contributed by atoms with Gasteiger partial charge in [-0.1, -0.05) is 17.7 Å². The van der Waals surface area contributed by atoms with Crippen LogP contribution in [0.5, 0.6) is 0 Å². The van der Waals surface area contributed by atoms with Gasteiger partial charge in [-0.05, 0) is 31.9 Å². The van der Waals surface area contributed by atoms with Gasteiger partial charge >= 0.3 is 0 Å². The smallest absolute Gasteiger partial charge is 0.155 e. The van der Waals surface area contributed by atoms with Crippen molar-refractivity contribution >= 4 is 5.78 Å². The highest BCUT2D eigenvalue weighted by Gasteiger charge is 1.99. The molecule has 0 aromatic heterocycles. The molecule has 0 aliphatic rings. The molecule has 0 saturated carbocycles. The summed E-state index contributed by atoms with van der Waals surface area (Å²) in [5.74, 6) is 0.147. The van der Waals surface area contributed by atoms with E-state index < -0.39 is 0 Å². The van der Waals surface area contributed by atoms with E-state index in [1.165, 1.54) is 0 Å². The van der Waals surface area contributed by atoms with E-state index in [0.717, 1.165) is 24.8 Å². The Morgan fingerprint density at radius 1 is 1.21 bits per heavy atom. The molecule has 0 aromatic rings. The van der Waals surface area contributed by atoms with Gasteiger partial charge in [-0.25, -0.2) is 0 Å². The highest BCUT2D eigenvalue weighted by molar-refractivity contribution is 5.90. The molecule has 0 atom stereocenters. The number of carbonyl (C=O) groups excluding carboxylic acids is 1. The number of allylic oxidation sites excluding steroid dienone is 4. The topological polar surface area (TPSA) is 43.1 Å². The minimum atomic E-state index is 0.147. The van der Waals surface area contributed by atoms with Crippen molar-refractivity contribution in [3.8, 4) is 0 Å². The predicted molar refractivity (Wildman–Crippen MR) is 61.0 cm³/mol. The zero-order valence-corrected chi connectivity index (χ0v) is 8.67. The molecule has 0 fully saturated rings. The summed E-state index contributed by atoms with van der Waals surface area (Å²) in [6.45, 7) is 7.86. The molecule has 2 N–H and O–H groups in total. The Hall–Kier alpha value is -1.15. The molecule has 0 heterocycles. The molecule has 0 rings (SSSR count). The molecule has 0 aliphatic carbocycles. The van der Waals surface area contributed by atoms with Crippen LogP contribution in [0.15, 0.2) is 37.0 Å². The highest BCUT2D eigenvalue weighted by Crippen LogP contribution is 2.09. The standard InChI is InChI=1S/C12H19NO/c1-3-6-11(7-4-2)10-12(14)8-5-9-13/h3-4,10H,1-2,5-9,13H2. The van der Waals surface area contributed by atoms with E-state index in [4.69, 9.17) is 5.73 Å². The van der Waals surface area contributed by atoms with Crippen molar-refractivity contribution in [2.24, 2.45) is 5.73 Å². The molecular formula is C12H19NO. The third-order valence-corrected chi connectivity index (χ3v) is 1.81. The normalized spacial score (nSPS) is 9.21. The highest BCUT2D eigenvalue weighted by atomic mass is 16.1. The summed E-state index contributed by atoms with van der Waals surface area (Å²) >= 11 is 0. The van der Waals surface area contributed by atoms with E-state index in [9.17, 15) is 4.79 Å². The second kappa shape index (κ2) is 8.45. The van der Waals surface area contributed by atoms with Gasteiger partial charge < -0.3 is 5.73 Å². The quantitative estimate of drug-likeness (QED) is 0.475. The molecule has 0 bridgehead atoms. The first-order valence-electron chi connectivity index (χ1n) is 4.88. The summed E-state index contributed by atoms with van der Waals surface area (Å²) in [7, 11) is 0. The van der Waals surface area contributed by atoms with Crippen LogP contribution in [0, 0.1) is 0 Å². The molecule has 0 unspecified atom stereocenters. The van der Waals surface area contributed by atoms with Crippen molar-refractivity contribution in [1.29, 1.82) is 0 Å². The lowest BCUT2D eigenvalue weighted by Gasteiger charge is -2.00. The molecule has 0 amide bonds. The summed E-state index contributed by atoms with van der Waals surface area (Å²) in [4.78, 5) is 11.4. The van der Waals surface area contributed by atoms with Crippen LogP contribution >= 0.6 is 0 Å². The molecule has 14 heavy (non-hydrogen) atoms. The van der Waals surface area contributed by atoms with E-state index in [-0.39, 0.29) is 5.78 Å². The fourth-order valence-electron chi connectivity index (χ4n) is 1.15. The Kier molecular flexibility index (Phi) is 7.75. The monoisotopic (exact) mass is 193 g/mol. The molecule has 2 nitrogen and oxygen atoms in total. The lowest BCUT2D eigenvalue weighted by atomic mass is 10.1. The Balaban J connectivity index is 4.16. The Labute approximate surface area is 86.2 Å². The van der Waals surface area contributed by atoms with Gasteiger partial charge in [0, 0.05) is 6.42 Å². The van der Waals surface area contributed by atoms with Crippen LogP contribution in [0.1, 0.15) is 25.7 Å². The Morgan fingerprint density at radius 2 is 1.79 bits per heavy atom. The first-order valence-corrected chi connectivity index (χ1v) is 4.88. The summed E-state index contributed by atoms with van der Waals surface area (Å²) < 4.78 is 0. The zero-order valence-electron chi connectivity index (χ0n) is 8.67. The van der Waals surface area contributed by atoms with E-state index in [1.807, 2.05) is 0 Å². The number of rotatable bonds is 8. The van der Waals surface area contributed by atoms with Gasteiger partial charge in [-0.15, -0.1) is 13.2 Å². The van der Waals surface area contributed by atoms with Gasteiger partial charge in [0.15, 0.2) is 5.78 Å². The Bertz CT molecular complexity index is 216. The summed E-state index contributed by atoms with van der Waals surface area (Å²) in [5.41, 5.74) is 6.39. The first-order chi connectivity index (χ1) is 6.74. The maximum absolute atomic E-state index is 11.4. The first kappa shape index (κ1) is 12.8. The van der Waals surface area contributed by atoms with Crippen molar-refractivity contribution < 1.29 is 4.79 Å². The van der Waals surface area contributed by atoms with Gasteiger partial charge in [-0.3, -0.25) is 4.79 Å². The maximum Gasteiger partial charge on any atom is 0.155 e. The van der Waals surface area contributed by atoms with E-state index in [2.05, 4.69) is 13.2 Å². The van der Waals surface area contributed by atoms with Gasteiger partial charge in [0.25, 0.3) is 0 Å². The SMILES string of the molecule is C=CCC(=CC(=O)CCCN)CC=C. The van der Waals surface area contributed by atoms with Crippen LogP contribution in [0.3, 0.4) is 0 Å². The summed E-state index contributed by atoms with van der Waals surface area (Å²) in [6.07, 6.45) is 8.08. The lowest BCUT2D eigenvalue weighted by molar-refractivity contribution is -0.114. The average Bonchev–Trinajstić information content (AvgIpc) is 2.15. The number of nitrogens with two attached hydrogens (primary N) is 1. The second-order valence-electron chi connectivity index (χ2n) is 3.15. The number of hydrogen-bond acceptors (Lipinski definition) is 2. The van der Waals surface area contributed by atoms with Crippen LogP contribution in [-0.4, -0.2) is 12.3 Å². The third kappa shape index (κ3) is 6.38. The van der Waals surface area contributed by atoms with Gasteiger partial charge in [0.2, 0.25) is 0 Å². The van der Waals surface area contributed by atoms with E-state index >= 15 is 0 Å². The lowest BCUT2D eigenvalue weighted by Crippen LogP contribution is -2.03. The Morgan fingerprint density at radius 3 is 2.21 bits per heavy atom. The summed E-state index contributed by atoms with van der Waals surface area (Å²) in [6, 6.07) is 0. The minimum absolute atomic E-state index is 0.147. The second-order valence-corrected chi connectivity index (χ2v) is 3.15. The maximum atomic E-state index is 11.4. The van der Waals surface area contributed by atoms with Gasteiger partial charge in [-0.2, -0.15) is 0 Å². The molecular weight excluding hydrogens is 174 g/mol. The number of hydrogen-bond donors (Lipinski definition) is 1. The third-order valence-electron chi connectivity index (χ3n) is 1.81. The minimum Gasteiger partial charge on any atom is -0.330 e. The van der Waals surface area contributed by atoms with Gasteiger partial charge in [0.1, 0.15) is 0 Å². The van der Waals surface area contributed by atoms with Crippen molar-refractivity contribution in [1.82, 2.24) is 0 Å². The van der Waals surface area contributed by atoms with E-state index in [1.54, 1.807) is 18.2 Å². The molecule has 0 aliphatic heterocycles. The van der Waals surface area contributed by atoms with Crippen molar-refractivity contribution in [3.05, 3.63) is 37.0 Å². The van der Waals surface area contributed by atoms with Crippen LogP contribution in [0.4, 0.5) is 0 Å². The van der Waals surface area contributed by atoms with Crippen LogP contribution in [0.25, 0.3) is 0 Å².